The molecule has 1 aromatic heterocycles. The van der Waals surface area contributed by atoms with Crippen molar-refractivity contribution in [3.8, 4) is 0 Å². The Bertz CT molecular complexity index is 1040. The molecule has 164 valence electrons. The zero-order chi connectivity index (χ0) is 22.3. The van der Waals surface area contributed by atoms with Crippen LogP contribution in [0.3, 0.4) is 0 Å². The number of carboxylic acid groups (broad SMARTS) is 1. The van der Waals surface area contributed by atoms with Crippen LogP contribution in [0.1, 0.15) is 76.3 Å². The van der Waals surface area contributed by atoms with Crippen molar-refractivity contribution in [3.63, 3.8) is 0 Å². The second kappa shape index (κ2) is 7.98. The molecule has 1 aliphatic carbocycles. The fourth-order valence-electron chi connectivity index (χ4n) is 5.02. The van der Waals surface area contributed by atoms with E-state index in [-0.39, 0.29) is 23.7 Å². The molecule has 4 rings (SSSR count). The Kier molecular flexibility index (Phi) is 5.50. The van der Waals surface area contributed by atoms with E-state index in [0.29, 0.717) is 22.4 Å². The van der Waals surface area contributed by atoms with Gasteiger partial charge in [-0.3, -0.25) is 14.4 Å². The molecule has 0 saturated carbocycles. The number of carboxylic acids is 1. The second-order valence-electron chi connectivity index (χ2n) is 9.61. The summed E-state index contributed by atoms with van der Waals surface area (Å²) < 4.78 is 1.80. The molecule has 6 nitrogen and oxygen atoms in total. The first-order valence-corrected chi connectivity index (χ1v) is 11.0. The van der Waals surface area contributed by atoms with Crippen LogP contribution in [0.5, 0.6) is 0 Å². The molecule has 0 spiro atoms. The van der Waals surface area contributed by atoms with E-state index in [1.807, 2.05) is 11.8 Å². The number of nitrogens with zero attached hydrogens (tertiary/aromatic N) is 2. The lowest BCUT2D eigenvalue weighted by atomic mass is 9.75. The molecule has 1 saturated heterocycles. The van der Waals surface area contributed by atoms with Gasteiger partial charge in [-0.2, -0.15) is 0 Å². The van der Waals surface area contributed by atoms with Crippen LogP contribution in [-0.4, -0.2) is 45.3 Å². The van der Waals surface area contributed by atoms with Crippen molar-refractivity contribution < 1.29 is 19.5 Å². The van der Waals surface area contributed by atoms with Gasteiger partial charge in [0.25, 0.3) is 5.91 Å². The molecule has 1 aromatic carbocycles. The molecule has 0 atom stereocenters. The van der Waals surface area contributed by atoms with Crippen molar-refractivity contribution in [2.24, 2.45) is 5.41 Å². The number of fused-ring (bicyclic) bond motifs is 1. The highest BCUT2D eigenvalue weighted by atomic mass is 16.4. The van der Waals surface area contributed by atoms with Crippen LogP contribution in [-0.2, 0) is 24.2 Å². The molecule has 1 fully saturated rings. The molecule has 2 aromatic rings. The van der Waals surface area contributed by atoms with E-state index in [1.165, 1.54) is 0 Å². The van der Waals surface area contributed by atoms with E-state index in [1.54, 1.807) is 28.8 Å². The third-order valence-corrected chi connectivity index (χ3v) is 6.74. The minimum absolute atomic E-state index is 0.0134. The number of carbonyl (C=O) groups is 3. The van der Waals surface area contributed by atoms with Gasteiger partial charge in [0.2, 0.25) is 0 Å². The molecule has 0 radical (unpaired) electrons. The van der Waals surface area contributed by atoms with E-state index in [0.717, 1.165) is 56.5 Å². The smallest absolute Gasteiger partial charge is 0.323 e. The molecule has 1 N–H and O–H groups in total. The predicted octanol–water partition coefficient (Wildman–Crippen LogP) is 3.86. The van der Waals surface area contributed by atoms with Crippen molar-refractivity contribution in [1.82, 2.24) is 9.47 Å². The van der Waals surface area contributed by atoms with Gasteiger partial charge in [-0.15, -0.1) is 0 Å². The van der Waals surface area contributed by atoms with Gasteiger partial charge in [0.1, 0.15) is 6.54 Å². The maximum Gasteiger partial charge on any atom is 0.323 e. The molecular weight excluding hydrogens is 392 g/mol. The molecule has 0 bridgehead atoms. The van der Waals surface area contributed by atoms with Crippen molar-refractivity contribution in [1.29, 1.82) is 0 Å². The number of hydrogen-bond acceptors (Lipinski definition) is 3. The number of aromatic nitrogens is 1. The molecule has 31 heavy (non-hydrogen) atoms. The Morgan fingerprint density at radius 1 is 1.03 bits per heavy atom. The fourth-order valence-corrected chi connectivity index (χ4v) is 5.02. The number of amides is 1. The monoisotopic (exact) mass is 422 g/mol. The Labute approximate surface area is 182 Å². The maximum atomic E-state index is 13.5. The number of likely N-dealkylation sites (tertiary alicyclic amines) is 1. The number of ketones is 1. The first-order valence-electron chi connectivity index (χ1n) is 11.0. The summed E-state index contributed by atoms with van der Waals surface area (Å²) in [7, 11) is 0. The zero-order valence-electron chi connectivity index (χ0n) is 18.5. The fraction of sp³-hybridized carbons (Fsp3) is 0.480. The van der Waals surface area contributed by atoms with Crippen molar-refractivity contribution in [2.75, 3.05) is 13.1 Å². The number of rotatable bonds is 5. The summed E-state index contributed by atoms with van der Waals surface area (Å²) in [6.07, 6.45) is 4.56. The summed E-state index contributed by atoms with van der Waals surface area (Å²) in [5, 5.41) is 9.39. The van der Waals surface area contributed by atoms with Crippen LogP contribution in [0.25, 0.3) is 0 Å². The quantitative estimate of drug-likeness (QED) is 0.742. The minimum atomic E-state index is -0.908. The normalized spacial score (nSPS) is 17.5. The molecule has 1 aliphatic heterocycles. The van der Waals surface area contributed by atoms with Crippen LogP contribution in [0.2, 0.25) is 0 Å². The Hall–Kier alpha value is -2.89. The van der Waals surface area contributed by atoms with E-state index < -0.39 is 5.97 Å². The predicted molar refractivity (Wildman–Crippen MR) is 118 cm³/mol. The molecule has 0 unspecified atom stereocenters. The van der Waals surface area contributed by atoms with Crippen LogP contribution in [0.4, 0.5) is 0 Å². The van der Waals surface area contributed by atoms with Gasteiger partial charge in [0.15, 0.2) is 5.78 Å². The van der Waals surface area contributed by atoms with E-state index in [9.17, 15) is 19.5 Å². The molecule has 1 amide bonds. The topological polar surface area (TPSA) is 79.6 Å². The molecule has 2 heterocycles. The van der Waals surface area contributed by atoms with Gasteiger partial charge < -0.3 is 14.6 Å². The summed E-state index contributed by atoms with van der Waals surface area (Å²) in [6, 6.07) is 6.90. The highest BCUT2D eigenvalue weighted by molar-refractivity contribution is 6.11. The number of carbonyl (C=O) groups excluding carboxylic acids is 2. The highest BCUT2D eigenvalue weighted by Gasteiger charge is 2.34. The number of hydrogen-bond donors (Lipinski definition) is 1. The van der Waals surface area contributed by atoms with E-state index in [4.69, 9.17) is 0 Å². The Balaban J connectivity index is 1.69. The van der Waals surface area contributed by atoms with Gasteiger partial charge in [0.05, 0.1) is 0 Å². The number of benzene rings is 1. The lowest BCUT2D eigenvalue weighted by Crippen LogP contribution is -2.27. The lowest BCUT2D eigenvalue weighted by molar-refractivity contribution is -0.137. The molecular formula is C25H30N2O4. The van der Waals surface area contributed by atoms with E-state index in [2.05, 4.69) is 13.8 Å². The maximum absolute atomic E-state index is 13.5. The number of aliphatic carboxylic acids is 1. The van der Waals surface area contributed by atoms with Gasteiger partial charge in [0, 0.05) is 41.2 Å². The van der Waals surface area contributed by atoms with Gasteiger partial charge in [-0.1, -0.05) is 26.0 Å². The first kappa shape index (κ1) is 21.3. The Morgan fingerprint density at radius 2 is 1.65 bits per heavy atom. The average Bonchev–Trinajstić information content (AvgIpc) is 3.33. The lowest BCUT2D eigenvalue weighted by Gasteiger charge is -2.30. The van der Waals surface area contributed by atoms with Gasteiger partial charge in [-0.05, 0) is 62.1 Å². The van der Waals surface area contributed by atoms with Crippen molar-refractivity contribution >= 4 is 17.7 Å². The SMILES string of the molecule is Cc1c(C(=O)c2ccc(C(=O)N3CCCC3)cc2)c2c(n1CC(=O)O)CCC(C)(C)C2. The van der Waals surface area contributed by atoms with Crippen molar-refractivity contribution in [3.05, 3.63) is 57.9 Å². The van der Waals surface area contributed by atoms with Crippen molar-refractivity contribution in [2.45, 2.75) is 59.4 Å². The van der Waals surface area contributed by atoms with Crippen LogP contribution < -0.4 is 0 Å². The van der Waals surface area contributed by atoms with Gasteiger partial charge >= 0.3 is 5.97 Å². The minimum Gasteiger partial charge on any atom is -0.480 e. The molecule has 6 heteroatoms. The first-order chi connectivity index (χ1) is 14.7. The second-order valence-corrected chi connectivity index (χ2v) is 9.61. The third-order valence-electron chi connectivity index (χ3n) is 6.74. The third kappa shape index (κ3) is 4.03. The summed E-state index contributed by atoms with van der Waals surface area (Å²) >= 11 is 0. The van der Waals surface area contributed by atoms with Crippen LogP contribution in [0.15, 0.2) is 24.3 Å². The van der Waals surface area contributed by atoms with Crippen LogP contribution >= 0.6 is 0 Å². The average molecular weight is 423 g/mol. The largest absolute Gasteiger partial charge is 0.480 e. The van der Waals surface area contributed by atoms with E-state index >= 15 is 0 Å². The summed E-state index contributed by atoms with van der Waals surface area (Å²) in [6.45, 7) is 7.66. The Morgan fingerprint density at radius 3 is 2.26 bits per heavy atom. The van der Waals surface area contributed by atoms with Crippen LogP contribution in [0, 0.1) is 12.3 Å². The summed E-state index contributed by atoms with van der Waals surface area (Å²) in [5.41, 5.74) is 4.49. The standard InChI is InChI=1S/C25H30N2O4/c1-16-22(19-14-25(2,3)11-10-20(19)27(16)15-21(28)29)23(30)17-6-8-18(9-7-17)24(31)26-12-4-5-13-26/h6-9H,4-5,10-15H2,1-3H3,(H,28,29). The summed E-state index contributed by atoms with van der Waals surface area (Å²) in [5.74, 6) is -0.996. The molecule has 2 aliphatic rings. The van der Waals surface area contributed by atoms with Gasteiger partial charge in [-0.25, -0.2) is 0 Å². The highest BCUT2D eigenvalue weighted by Crippen LogP contribution is 2.39. The zero-order valence-corrected chi connectivity index (χ0v) is 18.5. The summed E-state index contributed by atoms with van der Waals surface area (Å²) in [4.78, 5) is 39.4.